The Balaban J connectivity index is 1.62. The first kappa shape index (κ1) is 21.8. The molecule has 4 rings (SSSR count). The summed E-state index contributed by atoms with van der Waals surface area (Å²) in [5, 5.41) is 2.91. The molecule has 2 amide bonds. The Morgan fingerprint density at radius 3 is 2.41 bits per heavy atom. The molecule has 3 N–H and O–H groups in total. The van der Waals surface area contributed by atoms with Crippen LogP contribution >= 0.6 is 0 Å². The van der Waals surface area contributed by atoms with Crippen LogP contribution < -0.4 is 11.1 Å². The minimum Gasteiger partial charge on any atom is -0.366 e. The van der Waals surface area contributed by atoms with E-state index >= 15 is 0 Å². The van der Waals surface area contributed by atoms with Crippen molar-refractivity contribution in [2.45, 2.75) is 32.7 Å². The monoisotopic (exact) mass is 427 g/mol. The van der Waals surface area contributed by atoms with E-state index < -0.39 is 5.91 Å². The maximum atomic E-state index is 13.0. The van der Waals surface area contributed by atoms with Crippen LogP contribution in [0.5, 0.6) is 0 Å². The molecule has 0 atom stereocenters. The van der Waals surface area contributed by atoms with E-state index in [1.54, 1.807) is 18.2 Å². The Bertz CT molecular complexity index is 1120. The van der Waals surface area contributed by atoms with Gasteiger partial charge in [-0.3, -0.25) is 14.5 Å². The number of primary amides is 1. The molecule has 1 aliphatic heterocycles. The highest BCUT2D eigenvalue weighted by Gasteiger charge is 2.16. The lowest BCUT2D eigenvalue weighted by Gasteiger charge is -2.27. The van der Waals surface area contributed by atoms with Crippen molar-refractivity contribution in [3.05, 3.63) is 89.0 Å². The van der Waals surface area contributed by atoms with E-state index in [1.807, 2.05) is 43.3 Å². The zero-order valence-corrected chi connectivity index (χ0v) is 18.4. The van der Waals surface area contributed by atoms with Crippen LogP contribution in [-0.2, 0) is 6.54 Å². The zero-order chi connectivity index (χ0) is 22.5. The van der Waals surface area contributed by atoms with Crippen LogP contribution in [-0.4, -0.2) is 29.8 Å². The van der Waals surface area contributed by atoms with Crippen LogP contribution in [0.15, 0.2) is 66.7 Å². The standard InChI is InChI=1S/C27H29N3O2/c1-19-10-12-23(17-25(19)26(28)31)29-27(32)21-11-13-24(20-8-4-2-5-9-20)22(16-21)18-30-14-6-3-7-15-30/h2,4-5,8-13,16-17H,3,6-7,14-15,18H2,1H3,(H2,28,31)(H,29,32). The molecule has 1 saturated heterocycles. The van der Waals surface area contributed by atoms with Crippen molar-refractivity contribution >= 4 is 17.5 Å². The number of aryl methyl sites for hydroxylation is 1. The maximum Gasteiger partial charge on any atom is 0.255 e. The quantitative estimate of drug-likeness (QED) is 0.581. The molecule has 0 unspecified atom stereocenters. The van der Waals surface area contributed by atoms with Crippen molar-refractivity contribution < 1.29 is 9.59 Å². The maximum absolute atomic E-state index is 13.0. The van der Waals surface area contributed by atoms with Crippen LogP contribution in [0, 0.1) is 6.92 Å². The summed E-state index contributed by atoms with van der Waals surface area (Å²) in [5.74, 6) is -0.710. The molecule has 164 valence electrons. The van der Waals surface area contributed by atoms with Crippen LogP contribution in [0.3, 0.4) is 0 Å². The number of amides is 2. The molecule has 1 fully saturated rings. The minimum atomic E-state index is -0.505. The normalized spacial score (nSPS) is 14.2. The summed E-state index contributed by atoms with van der Waals surface area (Å²) >= 11 is 0. The highest BCUT2D eigenvalue weighted by molar-refractivity contribution is 6.05. The molecule has 1 aliphatic rings. The minimum absolute atomic E-state index is 0.205. The third-order valence-corrected chi connectivity index (χ3v) is 6.06. The Morgan fingerprint density at radius 1 is 0.938 bits per heavy atom. The van der Waals surface area contributed by atoms with Gasteiger partial charge in [-0.2, -0.15) is 0 Å². The van der Waals surface area contributed by atoms with E-state index in [4.69, 9.17) is 5.73 Å². The number of piperidine rings is 1. The van der Waals surface area contributed by atoms with E-state index in [0.29, 0.717) is 16.8 Å². The summed E-state index contributed by atoms with van der Waals surface area (Å²) in [5.41, 5.74) is 11.2. The number of rotatable bonds is 6. The molecule has 0 saturated carbocycles. The Labute approximate surface area is 189 Å². The van der Waals surface area contributed by atoms with E-state index in [9.17, 15) is 9.59 Å². The number of hydrogen-bond acceptors (Lipinski definition) is 3. The van der Waals surface area contributed by atoms with Crippen molar-refractivity contribution in [2.75, 3.05) is 18.4 Å². The molecule has 0 radical (unpaired) electrons. The van der Waals surface area contributed by atoms with Gasteiger partial charge in [-0.1, -0.05) is 48.9 Å². The van der Waals surface area contributed by atoms with Crippen molar-refractivity contribution in [2.24, 2.45) is 5.73 Å². The van der Waals surface area contributed by atoms with Crippen molar-refractivity contribution in [1.82, 2.24) is 4.90 Å². The van der Waals surface area contributed by atoms with Crippen molar-refractivity contribution in [3.8, 4) is 11.1 Å². The number of nitrogens with one attached hydrogen (secondary N) is 1. The second-order valence-corrected chi connectivity index (χ2v) is 8.42. The number of likely N-dealkylation sites (tertiary alicyclic amines) is 1. The van der Waals surface area contributed by atoms with Gasteiger partial charge in [0.2, 0.25) is 5.91 Å². The van der Waals surface area contributed by atoms with Gasteiger partial charge in [0, 0.05) is 23.4 Å². The lowest BCUT2D eigenvalue weighted by Crippen LogP contribution is -2.29. The summed E-state index contributed by atoms with van der Waals surface area (Å²) < 4.78 is 0. The number of hydrogen-bond donors (Lipinski definition) is 2. The molecule has 0 bridgehead atoms. The fraction of sp³-hybridized carbons (Fsp3) is 0.259. The average molecular weight is 428 g/mol. The van der Waals surface area contributed by atoms with Crippen LogP contribution in [0.4, 0.5) is 5.69 Å². The number of benzene rings is 3. The number of carbonyl (C=O) groups is 2. The number of nitrogens with two attached hydrogens (primary N) is 1. The Morgan fingerprint density at radius 2 is 1.69 bits per heavy atom. The topological polar surface area (TPSA) is 75.4 Å². The molecular weight excluding hydrogens is 398 g/mol. The molecule has 5 heteroatoms. The van der Waals surface area contributed by atoms with Gasteiger partial charge in [-0.25, -0.2) is 0 Å². The largest absolute Gasteiger partial charge is 0.366 e. The molecule has 3 aromatic rings. The average Bonchev–Trinajstić information content (AvgIpc) is 2.81. The second-order valence-electron chi connectivity index (χ2n) is 8.42. The number of nitrogens with zero attached hydrogens (tertiary/aromatic N) is 1. The molecule has 0 aromatic heterocycles. The van der Waals surface area contributed by atoms with Gasteiger partial charge in [0.15, 0.2) is 0 Å². The van der Waals surface area contributed by atoms with Gasteiger partial charge in [0.25, 0.3) is 5.91 Å². The molecule has 5 nitrogen and oxygen atoms in total. The lowest BCUT2D eigenvalue weighted by molar-refractivity contribution is 0.0995. The number of anilines is 1. The summed E-state index contributed by atoms with van der Waals surface area (Å²) in [6.45, 7) is 4.82. The Kier molecular flexibility index (Phi) is 6.66. The first-order valence-electron chi connectivity index (χ1n) is 11.1. The van der Waals surface area contributed by atoms with Crippen LogP contribution in [0.25, 0.3) is 11.1 Å². The van der Waals surface area contributed by atoms with E-state index in [0.717, 1.165) is 41.9 Å². The predicted molar refractivity (Wildman–Crippen MR) is 129 cm³/mol. The molecule has 0 spiro atoms. The SMILES string of the molecule is Cc1ccc(NC(=O)c2ccc(-c3ccccc3)c(CN3CCCCC3)c2)cc1C(N)=O. The smallest absolute Gasteiger partial charge is 0.255 e. The van der Waals surface area contributed by atoms with Crippen LogP contribution in [0.2, 0.25) is 0 Å². The zero-order valence-electron chi connectivity index (χ0n) is 18.4. The van der Waals surface area contributed by atoms with E-state index in [-0.39, 0.29) is 5.91 Å². The third kappa shape index (κ3) is 5.06. The fourth-order valence-electron chi connectivity index (χ4n) is 4.29. The Hall–Kier alpha value is -3.44. The fourth-order valence-corrected chi connectivity index (χ4v) is 4.29. The predicted octanol–water partition coefficient (Wildman–Crippen LogP) is 5.00. The molecular formula is C27H29N3O2. The highest BCUT2D eigenvalue weighted by Crippen LogP contribution is 2.27. The van der Waals surface area contributed by atoms with Gasteiger partial charge in [0.05, 0.1) is 0 Å². The number of carbonyl (C=O) groups excluding carboxylic acids is 2. The van der Waals surface area contributed by atoms with Crippen LogP contribution in [0.1, 0.15) is 51.1 Å². The van der Waals surface area contributed by atoms with Gasteiger partial charge in [-0.05, 0) is 79.4 Å². The molecule has 0 aliphatic carbocycles. The van der Waals surface area contributed by atoms with Crippen molar-refractivity contribution in [1.29, 1.82) is 0 Å². The lowest BCUT2D eigenvalue weighted by atomic mass is 9.96. The van der Waals surface area contributed by atoms with Gasteiger partial charge in [-0.15, -0.1) is 0 Å². The van der Waals surface area contributed by atoms with Gasteiger partial charge < -0.3 is 11.1 Å². The van der Waals surface area contributed by atoms with E-state index in [1.165, 1.54) is 19.3 Å². The summed E-state index contributed by atoms with van der Waals surface area (Å²) in [4.78, 5) is 27.1. The second kappa shape index (κ2) is 9.79. The highest BCUT2D eigenvalue weighted by atomic mass is 16.2. The third-order valence-electron chi connectivity index (χ3n) is 6.06. The van der Waals surface area contributed by atoms with Gasteiger partial charge >= 0.3 is 0 Å². The summed E-state index contributed by atoms with van der Waals surface area (Å²) in [7, 11) is 0. The molecule has 3 aromatic carbocycles. The van der Waals surface area contributed by atoms with Gasteiger partial charge in [0.1, 0.15) is 0 Å². The van der Waals surface area contributed by atoms with Crippen molar-refractivity contribution in [3.63, 3.8) is 0 Å². The first-order valence-corrected chi connectivity index (χ1v) is 11.1. The summed E-state index contributed by atoms with van der Waals surface area (Å²) in [6, 6.07) is 21.4. The first-order chi connectivity index (χ1) is 15.5. The molecule has 1 heterocycles. The molecule has 32 heavy (non-hydrogen) atoms. The summed E-state index contributed by atoms with van der Waals surface area (Å²) in [6.07, 6.45) is 3.72. The van der Waals surface area contributed by atoms with E-state index in [2.05, 4.69) is 22.3 Å².